The number of nitrogens with zero attached hydrogens (tertiary/aromatic N) is 3. The Morgan fingerprint density at radius 3 is 2.35 bits per heavy atom. The highest BCUT2D eigenvalue weighted by atomic mass is 32.2. The van der Waals surface area contributed by atoms with Gasteiger partial charge in [0.25, 0.3) is 0 Å². The maximum atomic E-state index is 12.6. The summed E-state index contributed by atoms with van der Waals surface area (Å²) in [4.78, 5) is 15.7. The number of hydrogen-bond donors (Lipinski definition) is 0. The van der Waals surface area contributed by atoms with Crippen LogP contribution in [0.15, 0.2) is 48.5 Å². The predicted octanol–water partition coefficient (Wildman–Crippen LogP) is 4.48. The normalized spacial score (nSPS) is 16.5. The van der Waals surface area contributed by atoms with E-state index in [0.717, 1.165) is 21.2 Å². The first-order valence-electron chi connectivity index (χ1n) is 11.7. The highest BCUT2D eigenvalue weighted by molar-refractivity contribution is 7.81. The lowest BCUT2D eigenvalue weighted by molar-refractivity contribution is -0.274. The molecule has 2 atom stereocenters. The third kappa shape index (κ3) is 6.81. The maximum absolute atomic E-state index is 12.6. The van der Waals surface area contributed by atoms with Crippen molar-refractivity contribution in [2.75, 3.05) is 37.0 Å². The lowest BCUT2D eigenvalue weighted by Gasteiger charge is -2.41. The first kappa shape index (κ1) is 27.4. The Kier molecular flexibility index (Phi) is 8.42. The third-order valence-corrected chi connectivity index (χ3v) is 8.61. The number of ether oxygens (including phenoxy) is 1. The molecule has 2 heterocycles. The fourth-order valence-electron chi connectivity index (χ4n) is 4.61. The minimum atomic E-state index is -4.78. The number of thiophene rings is 1. The van der Waals surface area contributed by atoms with Crippen molar-refractivity contribution in [2.24, 2.45) is 0 Å². The molecule has 2 unspecified atom stereocenters. The molecule has 1 aliphatic rings. The molecule has 0 N–H and O–H groups in total. The Morgan fingerprint density at radius 2 is 1.78 bits per heavy atom. The van der Waals surface area contributed by atoms with E-state index in [9.17, 15) is 26.7 Å². The molecule has 12 heteroatoms. The molecular weight excluding hydrogens is 527 g/mol. The van der Waals surface area contributed by atoms with Crippen molar-refractivity contribution in [1.82, 2.24) is 9.80 Å². The molecule has 2 aromatic carbocycles. The van der Waals surface area contributed by atoms with Gasteiger partial charge in [0, 0.05) is 61.7 Å². The zero-order valence-electron chi connectivity index (χ0n) is 20.4. The first-order valence-corrected chi connectivity index (χ1v) is 13.6. The molecule has 0 aliphatic carbocycles. The lowest BCUT2D eigenvalue weighted by atomic mass is 10.0. The molecule has 37 heavy (non-hydrogen) atoms. The van der Waals surface area contributed by atoms with E-state index in [1.807, 2.05) is 31.2 Å². The summed E-state index contributed by atoms with van der Waals surface area (Å²) in [5.74, 6) is -0.328. The SMILES string of the molecule is CC(=O)N1CCN(C(Cc2ccc(OC(F)(F)F)cc2)CN(c2sc3ccccc3c2C)S(=O)[O-])CC1. The van der Waals surface area contributed by atoms with Crippen LogP contribution in [0.3, 0.4) is 0 Å². The summed E-state index contributed by atoms with van der Waals surface area (Å²) in [6.45, 7) is 5.73. The van der Waals surface area contributed by atoms with Crippen molar-refractivity contribution < 1.29 is 31.5 Å². The summed E-state index contributed by atoms with van der Waals surface area (Å²) >= 11 is -1.14. The van der Waals surface area contributed by atoms with Crippen LogP contribution in [0.5, 0.6) is 5.75 Å². The van der Waals surface area contributed by atoms with Gasteiger partial charge in [0.1, 0.15) is 10.8 Å². The van der Waals surface area contributed by atoms with E-state index in [1.54, 1.807) is 17.0 Å². The van der Waals surface area contributed by atoms with E-state index in [4.69, 9.17) is 0 Å². The topological polar surface area (TPSA) is 76.2 Å². The Balaban J connectivity index is 1.60. The second kappa shape index (κ2) is 11.4. The fourth-order valence-corrected chi connectivity index (χ4v) is 6.60. The van der Waals surface area contributed by atoms with Crippen molar-refractivity contribution in [3.8, 4) is 5.75 Å². The Morgan fingerprint density at radius 1 is 1.14 bits per heavy atom. The molecule has 0 spiro atoms. The summed E-state index contributed by atoms with van der Waals surface area (Å²) in [5.41, 5.74) is 1.62. The second-order valence-corrected chi connectivity index (χ2v) is 10.8. The number of rotatable bonds is 8. The third-order valence-electron chi connectivity index (χ3n) is 6.51. The molecule has 3 aromatic rings. The molecule has 1 saturated heterocycles. The monoisotopic (exact) mass is 554 g/mol. The first-order chi connectivity index (χ1) is 17.5. The van der Waals surface area contributed by atoms with Gasteiger partial charge >= 0.3 is 6.36 Å². The summed E-state index contributed by atoms with van der Waals surface area (Å²) in [5, 5.41) is 1.63. The van der Waals surface area contributed by atoms with Crippen LogP contribution in [0.4, 0.5) is 18.2 Å². The van der Waals surface area contributed by atoms with Gasteiger partial charge in [-0.3, -0.25) is 18.2 Å². The average molecular weight is 555 g/mol. The number of aryl methyl sites for hydroxylation is 1. The number of alkyl halides is 3. The van der Waals surface area contributed by atoms with Crippen molar-refractivity contribution in [1.29, 1.82) is 0 Å². The van der Waals surface area contributed by atoms with Gasteiger partial charge in [-0.25, -0.2) is 0 Å². The number of fused-ring (bicyclic) bond motifs is 1. The van der Waals surface area contributed by atoms with Crippen molar-refractivity contribution >= 4 is 43.6 Å². The van der Waals surface area contributed by atoms with Gasteiger partial charge in [-0.15, -0.1) is 24.5 Å². The molecule has 0 radical (unpaired) electrons. The number of benzene rings is 2. The van der Waals surface area contributed by atoms with Crippen LogP contribution in [0, 0.1) is 6.92 Å². The Labute approximate surface area is 219 Å². The highest BCUT2D eigenvalue weighted by Gasteiger charge is 2.31. The summed E-state index contributed by atoms with van der Waals surface area (Å²) in [6.07, 6.45) is -4.37. The molecule has 1 aromatic heterocycles. The summed E-state index contributed by atoms with van der Waals surface area (Å²) in [6, 6.07) is 13.1. The van der Waals surface area contributed by atoms with Crippen LogP contribution in [-0.4, -0.2) is 69.6 Å². The van der Waals surface area contributed by atoms with Crippen LogP contribution in [0.2, 0.25) is 0 Å². The highest BCUT2D eigenvalue weighted by Crippen LogP contribution is 2.38. The molecule has 0 bridgehead atoms. The summed E-state index contributed by atoms with van der Waals surface area (Å²) < 4.78 is 68.9. The van der Waals surface area contributed by atoms with Crippen molar-refractivity contribution in [3.63, 3.8) is 0 Å². The van der Waals surface area contributed by atoms with Gasteiger partial charge in [0.05, 0.1) is 0 Å². The van der Waals surface area contributed by atoms with E-state index in [1.165, 1.54) is 34.7 Å². The van der Waals surface area contributed by atoms with Crippen molar-refractivity contribution in [2.45, 2.75) is 32.7 Å². The molecular formula is C25H27F3N3O4S2-. The average Bonchev–Trinajstić information content (AvgIpc) is 3.18. The van der Waals surface area contributed by atoms with Gasteiger partial charge < -0.3 is 14.2 Å². The fraction of sp³-hybridized carbons (Fsp3) is 0.400. The van der Waals surface area contributed by atoms with Crippen LogP contribution < -0.4 is 9.04 Å². The van der Waals surface area contributed by atoms with Crippen molar-refractivity contribution in [3.05, 3.63) is 59.7 Å². The second-order valence-electron chi connectivity index (χ2n) is 8.90. The van der Waals surface area contributed by atoms with Crippen LogP contribution in [0.1, 0.15) is 18.1 Å². The number of hydrogen-bond acceptors (Lipinski definition) is 6. The molecule has 1 aliphatic heterocycles. The molecule has 1 amide bonds. The van der Waals surface area contributed by atoms with E-state index in [2.05, 4.69) is 9.64 Å². The van der Waals surface area contributed by atoms with Crippen LogP contribution in [0.25, 0.3) is 10.1 Å². The number of carbonyl (C=O) groups is 1. The minimum absolute atomic E-state index is 0.0142. The molecule has 7 nitrogen and oxygen atoms in total. The molecule has 200 valence electrons. The van der Waals surface area contributed by atoms with Gasteiger partial charge in [-0.2, -0.15) is 0 Å². The zero-order chi connectivity index (χ0) is 26.7. The standard InChI is InChI=1S/C25H28F3N3O4S2/c1-17-22-5-3-4-6-23(22)36-24(17)31(37(33)34)16-20(30-13-11-29(12-14-30)18(2)32)15-19-7-9-21(10-8-19)35-25(26,27)28/h3-10,20H,11-16H2,1-2H3,(H,33,34)/p-1. The smallest absolute Gasteiger partial charge is 0.573 e. The Hall–Kier alpha value is -2.67. The number of anilines is 1. The van der Waals surface area contributed by atoms with Gasteiger partial charge in [0.15, 0.2) is 0 Å². The van der Waals surface area contributed by atoms with E-state index in [0.29, 0.717) is 37.6 Å². The lowest BCUT2D eigenvalue weighted by Crippen LogP contribution is -2.55. The number of amides is 1. The summed E-state index contributed by atoms with van der Waals surface area (Å²) in [7, 11) is 0. The molecule has 4 rings (SSSR count). The minimum Gasteiger partial charge on any atom is -0.755 e. The number of carbonyl (C=O) groups excluding carboxylic acids is 1. The molecule has 1 fully saturated rings. The van der Waals surface area contributed by atoms with Gasteiger partial charge in [0.2, 0.25) is 5.91 Å². The molecule has 0 saturated carbocycles. The largest absolute Gasteiger partial charge is 0.755 e. The van der Waals surface area contributed by atoms with E-state index in [-0.39, 0.29) is 24.2 Å². The number of piperazine rings is 1. The zero-order valence-corrected chi connectivity index (χ0v) is 22.0. The Bertz CT molecular complexity index is 1260. The quantitative estimate of drug-likeness (QED) is 0.384. The number of halogens is 3. The van der Waals surface area contributed by atoms with Gasteiger partial charge in [-0.05, 0) is 48.1 Å². The van der Waals surface area contributed by atoms with Gasteiger partial charge in [-0.1, -0.05) is 30.3 Å². The predicted molar refractivity (Wildman–Crippen MR) is 137 cm³/mol. The van der Waals surface area contributed by atoms with E-state index < -0.39 is 17.6 Å². The maximum Gasteiger partial charge on any atom is 0.573 e. The van der Waals surface area contributed by atoms with Crippen LogP contribution in [-0.2, 0) is 22.5 Å². The van der Waals surface area contributed by atoms with Crippen LogP contribution >= 0.6 is 11.3 Å². The van der Waals surface area contributed by atoms with E-state index >= 15 is 0 Å².